The zero-order valence-electron chi connectivity index (χ0n) is 73.7. The highest BCUT2D eigenvalue weighted by Gasteiger charge is 2.34. The zero-order chi connectivity index (χ0) is 94.0. The smallest absolute Gasteiger partial charge is 0.225 e. The summed E-state index contributed by atoms with van der Waals surface area (Å²) in [6, 6.07) is 13.2. The summed E-state index contributed by atoms with van der Waals surface area (Å²) < 4.78 is 149. The van der Waals surface area contributed by atoms with Crippen LogP contribution in [0.3, 0.4) is 0 Å². The van der Waals surface area contributed by atoms with Crippen LogP contribution in [-0.2, 0) is 60.1 Å². The fourth-order valence-corrected chi connectivity index (χ4v) is 16.0. The average molecular weight is 1860 g/mol. The number of sulfonamides is 6. The molecule has 53 heteroatoms. The van der Waals surface area contributed by atoms with Crippen LogP contribution < -0.4 is 70.9 Å². The van der Waals surface area contributed by atoms with Gasteiger partial charge in [0.05, 0.1) is 86.5 Å². The molecule has 0 unspecified atom stereocenters. The highest BCUT2D eigenvalue weighted by molar-refractivity contribution is 7.90. The number of rotatable bonds is 28. The van der Waals surface area contributed by atoms with E-state index in [0.717, 1.165) is 83.5 Å². The standard InChI is InChI=1S/C13H19N7O2S.C13H18N6O2S.C13H19N5O2S.C12H19N5O2S.C11H15N7O2S.C11H17N5O2S/c1-5-20(18-23(4,21)22)12-10-9(6-14)7-19(8(2)3)11(10)16-13(15)17-12;1-5-19(17-22(4,20)21)13-11-10(6-14)7-18(9(2)3)12(11)15-8-16-13;1-9(2)17-7-6-11-12(17)14-8-15-13(11)18(10-4-5-10)16-21(3,19)20;1-5-17(15-20(4,18)19)12-10-6-7-16(9(2)3)11(10)13-8-14-12;1-6(2)18-5-7(4-12)8-9(16-17-21(3,19)20)14-11(13)15-10(8)18;1-8(2)16-6-5-9-10(12-7-13-11(9)16)15(3)14-19(4,17)18/h7-8,18H,5H2,1-4H3,(H2,15,16,17);7-9,17H,5H2,1-4H3;6-10,16H,4-5H2,1-3H3;6-9,15H,5H2,1-4H3;5-6,17H,1-3H3,(H3,13,14,15,16);5-8,14H,1-4H3. The van der Waals surface area contributed by atoms with Gasteiger partial charge in [0.25, 0.3) is 0 Å². The minimum absolute atomic E-state index is 0.00532. The summed E-state index contributed by atoms with van der Waals surface area (Å²) in [6.07, 6.45) is 24.9. The fraction of sp³-hybridized carbons (Fsp3) is 0.466. The first kappa shape index (κ1) is 99.5. The van der Waals surface area contributed by atoms with Gasteiger partial charge in [-0.15, -0.1) is 29.0 Å². The maximum absolute atomic E-state index is 11.6. The van der Waals surface area contributed by atoms with Crippen LogP contribution in [0.15, 0.2) is 80.7 Å². The SMILES string of the molecule is CC(C)n1cc(C#N)c2c(NNS(C)(=O)=O)nc(N)nc21.CC(C)n1ccc2c(N(C)NS(C)(=O)=O)ncnc21.CC(C)n1ccc2c(N(NS(C)(=O)=O)C3CC3)ncnc21.CCN(NS(C)(=O)=O)c1nc(N)nc2c1c(C#N)cn2C(C)C.CCN(NS(C)(=O)=O)c1ncnc2c1c(C#N)cn2C(C)C.CCN(NS(C)(=O)=O)c1ncnc2c1ccn2C(C)C. The second-order valence-electron chi connectivity index (χ2n) is 30.6. The van der Waals surface area contributed by atoms with Crippen molar-refractivity contribution in [3.8, 4) is 18.2 Å². The number of nitriles is 3. The number of anilines is 8. The Morgan fingerprint density at radius 3 is 1.08 bits per heavy atom. The Kier molecular flexibility index (Phi) is 32.0. The lowest BCUT2D eigenvalue weighted by atomic mass is 10.2. The molecule has 12 aromatic heterocycles. The Morgan fingerprint density at radius 1 is 0.389 bits per heavy atom. The fourth-order valence-electron chi connectivity index (χ4n) is 12.7. The topological polar surface area (TPSA) is 613 Å². The molecule has 1 aliphatic carbocycles. The zero-order valence-corrected chi connectivity index (χ0v) is 78.6. The van der Waals surface area contributed by atoms with Crippen LogP contribution in [0, 0.1) is 34.0 Å². The van der Waals surface area contributed by atoms with Crippen molar-refractivity contribution in [1.29, 1.82) is 15.8 Å². The van der Waals surface area contributed by atoms with Crippen molar-refractivity contribution < 1.29 is 50.5 Å². The summed E-state index contributed by atoms with van der Waals surface area (Å²) in [5, 5.41) is 39.2. The molecule has 0 radical (unpaired) electrons. The third-order valence-electron chi connectivity index (χ3n) is 18.0. The quantitative estimate of drug-likeness (QED) is 0.0256. The largest absolute Gasteiger partial charge is 0.368 e. The highest BCUT2D eigenvalue weighted by Crippen LogP contribution is 2.37. The van der Waals surface area contributed by atoms with Crippen LogP contribution in [-0.4, -0.2) is 208 Å². The summed E-state index contributed by atoms with van der Waals surface area (Å²) >= 11 is 0. The molecule has 0 atom stereocenters. The summed E-state index contributed by atoms with van der Waals surface area (Å²) in [5.41, 5.74) is 18.9. The van der Waals surface area contributed by atoms with Gasteiger partial charge in [0, 0.05) is 106 Å². The predicted molar refractivity (Wildman–Crippen MR) is 485 cm³/mol. The van der Waals surface area contributed by atoms with Crippen molar-refractivity contribution in [2.24, 2.45) is 0 Å². The lowest BCUT2D eigenvalue weighted by Crippen LogP contribution is -2.44. The molecule has 1 fully saturated rings. The van der Waals surface area contributed by atoms with Gasteiger partial charge in [-0.2, -0.15) is 35.7 Å². The molecule has 682 valence electrons. The van der Waals surface area contributed by atoms with Gasteiger partial charge >= 0.3 is 0 Å². The first-order valence-electron chi connectivity index (χ1n) is 39.0. The van der Waals surface area contributed by atoms with E-state index < -0.39 is 60.1 Å². The summed E-state index contributed by atoms with van der Waals surface area (Å²) in [7, 11) is -18.9. The van der Waals surface area contributed by atoms with E-state index in [1.54, 1.807) is 49.1 Å². The molecular formula is C73H107N35O12S6. The number of hydrogen-bond acceptors (Lipinski definition) is 35. The first-order chi connectivity index (χ1) is 58.7. The van der Waals surface area contributed by atoms with Gasteiger partial charge in [0.2, 0.25) is 72.0 Å². The lowest BCUT2D eigenvalue weighted by Gasteiger charge is -2.23. The summed E-state index contributed by atoms with van der Waals surface area (Å²) in [4.78, 5) is 64.6. The van der Waals surface area contributed by atoms with Crippen LogP contribution in [0.5, 0.6) is 0 Å². The number of hydrogen-bond donors (Lipinski definition) is 9. The van der Waals surface area contributed by atoms with E-state index >= 15 is 0 Å². The molecule has 0 saturated heterocycles. The number of nitrogen functional groups attached to an aromatic ring is 2. The minimum Gasteiger partial charge on any atom is -0.368 e. The third kappa shape index (κ3) is 25.4. The van der Waals surface area contributed by atoms with Crippen molar-refractivity contribution in [2.75, 3.05) is 106 Å². The molecule has 12 aromatic rings. The predicted octanol–water partition coefficient (Wildman–Crippen LogP) is 5.93. The molecule has 0 bridgehead atoms. The van der Waals surface area contributed by atoms with E-state index in [2.05, 4.69) is 148 Å². The second-order valence-corrected chi connectivity index (χ2v) is 40.9. The van der Waals surface area contributed by atoms with E-state index in [4.69, 9.17) is 11.5 Å². The second kappa shape index (κ2) is 40.6. The van der Waals surface area contributed by atoms with Crippen LogP contribution in [0.25, 0.3) is 66.2 Å². The Bertz CT molecular complexity index is 6800. The van der Waals surface area contributed by atoms with Gasteiger partial charge in [0.15, 0.2) is 34.9 Å². The maximum atomic E-state index is 11.6. The Hall–Kier alpha value is -12.0. The molecule has 13 rings (SSSR count). The van der Waals surface area contributed by atoms with Crippen molar-refractivity contribution in [2.45, 2.75) is 159 Å². The molecule has 1 aliphatic rings. The van der Waals surface area contributed by atoms with E-state index in [1.807, 2.05) is 114 Å². The highest BCUT2D eigenvalue weighted by atomic mass is 32.2. The van der Waals surface area contributed by atoms with Crippen LogP contribution in [0.4, 0.5) is 46.8 Å². The van der Waals surface area contributed by atoms with Gasteiger partial charge in [-0.3, -0.25) is 30.5 Å². The summed E-state index contributed by atoms with van der Waals surface area (Å²) in [5.74, 6) is 2.45. The Morgan fingerprint density at radius 2 is 0.706 bits per heavy atom. The summed E-state index contributed by atoms with van der Waals surface area (Å²) in [6.45, 7) is 30.6. The molecule has 0 aromatic carbocycles. The van der Waals surface area contributed by atoms with E-state index in [-0.39, 0.29) is 65.8 Å². The molecule has 1 saturated carbocycles. The third-order valence-corrected chi connectivity index (χ3v) is 21.3. The molecule has 11 N–H and O–H groups in total. The van der Waals surface area contributed by atoms with Gasteiger partial charge < -0.3 is 38.9 Å². The molecule has 12 heterocycles. The molecule has 0 spiro atoms. The minimum atomic E-state index is -3.51. The number of nitrogens with zero attached hydrogens (tertiary/aromatic N) is 26. The van der Waals surface area contributed by atoms with Gasteiger partial charge in [-0.1, -0.05) is 0 Å². The average Bonchev–Trinajstić information content (AvgIpc) is 1.61. The number of hydrazine groups is 6. The van der Waals surface area contributed by atoms with Crippen LogP contribution in [0.1, 0.15) is 170 Å². The maximum Gasteiger partial charge on any atom is 0.225 e. The van der Waals surface area contributed by atoms with Gasteiger partial charge in [0.1, 0.15) is 77.4 Å². The van der Waals surface area contributed by atoms with E-state index in [9.17, 15) is 66.3 Å². The lowest BCUT2D eigenvalue weighted by molar-refractivity contribution is 0.578. The molecule has 0 aliphatic heterocycles. The Labute approximate surface area is 731 Å². The number of nitrogens with two attached hydrogens (primary N) is 2. The van der Waals surface area contributed by atoms with Crippen molar-refractivity contribution in [1.82, 2.24) is 116 Å². The number of aromatic nitrogens is 18. The van der Waals surface area contributed by atoms with Crippen LogP contribution >= 0.6 is 0 Å². The monoisotopic (exact) mass is 1860 g/mol. The van der Waals surface area contributed by atoms with Crippen molar-refractivity contribution in [3.05, 3.63) is 97.4 Å². The van der Waals surface area contributed by atoms with E-state index in [0.29, 0.717) is 92.7 Å². The van der Waals surface area contributed by atoms with Crippen LogP contribution in [0.2, 0.25) is 0 Å². The van der Waals surface area contributed by atoms with Gasteiger partial charge in [-0.25, -0.2) is 90.4 Å². The van der Waals surface area contributed by atoms with E-state index in [1.165, 1.54) is 45.3 Å². The molecule has 0 amide bonds. The van der Waals surface area contributed by atoms with Crippen molar-refractivity contribution >= 4 is 173 Å². The molecular weight excluding hydrogens is 1750 g/mol. The molecule has 47 nitrogen and oxygen atoms in total. The first-order valence-corrected chi connectivity index (χ1v) is 50.3. The number of fused-ring (bicyclic) bond motifs is 6. The normalized spacial score (nSPS) is 12.6. The number of nitrogens with one attached hydrogen (secondary N) is 7. The Balaban J connectivity index is 0.000000187. The van der Waals surface area contributed by atoms with Crippen molar-refractivity contribution in [3.63, 3.8) is 0 Å². The molecule has 126 heavy (non-hydrogen) atoms. The van der Waals surface area contributed by atoms with Gasteiger partial charge in [-0.05, 0) is 135 Å².